The van der Waals surface area contributed by atoms with E-state index in [2.05, 4.69) is 39.0 Å². The van der Waals surface area contributed by atoms with E-state index in [0.717, 1.165) is 17.5 Å². The molecule has 0 radical (unpaired) electrons. The van der Waals surface area contributed by atoms with Crippen molar-refractivity contribution in [3.63, 3.8) is 0 Å². The predicted octanol–water partition coefficient (Wildman–Crippen LogP) is 4.70. The number of rotatable bonds is 2. The van der Waals surface area contributed by atoms with Crippen molar-refractivity contribution in [3.05, 3.63) is 34.9 Å². The Bertz CT molecular complexity index is 457. The fourth-order valence-corrected chi connectivity index (χ4v) is 3.17. The smallest absolute Gasteiger partial charge is 0.166 e. The summed E-state index contributed by atoms with van der Waals surface area (Å²) in [6.45, 7) is 8.60. The molecule has 18 heavy (non-hydrogen) atoms. The van der Waals surface area contributed by atoms with Crippen LogP contribution in [0.5, 0.6) is 0 Å². The lowest BCUT2D eigenvalue weighted by Gasteiger charge is -2.37. The van der Waals surface area contributed by atoms with Crippen LogP contribution in [-0.4, -0.2) is 5.78 Å². The third-order valence-electron chi connectivity index (χ3n) is 4.48. The summed E-state index contributed by atoms with van der Waals surface area (Å²) in [4.78, 5) is 12.8. The Kier molecular flexibility index (Phi) is 3.61. The molecule has 1 fully saturated rings. The van der Waals surface area contributed by atoms with Crippen LogP contribution in [-0.2, 0) is 0 Å². The SMILES string of the molecule is Cc1ccc(C)c(C(=O)C2CCCCC2(C)C)c1. The summed E-state index contributed by atoms with van der Waals surface area (Å²) in [5.74, 6) is 0.563. The van der Waals surface area contributed by atoms with Gasteiger partial charge in [-0.3, -0.25) is 4.79 Å². The average molecular weight is 244 g/mol. The van der Waals surface area contributed by atoms with E-state index in [4.69, 9.17) is 0 Å². The summed E-state index contributed by atoms with van der Waals surface area (Å²) in [5, 5.41) is 0. The van der Waals surface area contributed by atoms with Crippen LogP contribution in [0.15, 0.2) is 18.2 Å². The van der Waals surface area contributed by atoms with E-state index in [1.54, 1.807) is 0 Å². The van der Waals surface area contributed by atoms with E-state index >= 15 is 0 Å². The van der Waals surface area contributed by atoms with E-state index in [0.29, 0.717) is 5.78 Å². The minimum atomic E-state index is 0.158. The largest absolute Gasteiger partial charge is 0.294 e. The summed E-state index contributed by atoms with van der Waals surface area (Å²) in [7, 11) is 0. The molecule has 1 aliphatic rings. The molecular weight excluding hydrogens is 220 g/mol. The van der Waals surface area contributed by atoms with Gasteiger partial charge in [-0.15, -0.1) is 0 Å². The summed E-state index contributed by atoms with van der Waals surface area (Å²) < 4.78 is 0. The van der Waals surface area contributed by atoms with E-state index in [1.165, 1.54) is 24.8 Å². The maximum Gasteiger partial charge on any atom is 0.166 e. The maximum atomic E-state index is 12.8. The molecule has 1 atom stereocenters. The third kappa shape index (κ3) is 2.50. The van der Waals surface area contributed by atoms with Gasteiger partial charge in [-0.05, 0) is 43.7 Å². The number of carbonyl (C=O) groups excluding carboxylic acids is 1. The van der Waals surface area contributed by atoms with Gasteiger partial charge in [0.15, 0.2) is 5.78 Å². The van der Waals surface area contributed by atoms with Gasteiger partial charge in [-0.25, -0.2) is 0 Å². The number of hydrogen-bond acceptors (Lipinski definition) is 1. The Morgan fingerprint density at radius 3 is 2.61 bits per heavy atom. The van der Waals surface area contributed by atoms with Crippen LogP contribution in [0.25, 0.3) is 0 Å². The first-order valence-electron chi connectivity index (χ1n) is 7.03. The minimum Gasteiger partial charge on any atom is -0.294 e. The summed E-state index contributed by atoms with van der Waals surface area (Å²) in [6.07, 6.45) is 4.70. The number of aryl methyl sites for hydroxylation is 2. The molecule has 0 aliphatic heterocycles. The second-order valence-electron chi connectivity index (χ2n) is 6.47. The first-order valence-corrected chi connectivity index (χ1v) is 7.03. The molecule has 0 bridgehead atoms. The normalized spacial score (nSPS) is 22.8. The highest BCUT2D eigenvalue weighted by atomic mass is 16.1. The summed E-state index contributed by atoms with van der Waals surface area (Å²) >= 11 is 0. The van der Waals surface area contributed by atoms with Crippen LogP contribution in [0.1, 0.15) is 61.0 Å². The number of Topliss-reactive ketones (excluding diaryl/α,β-unsaturated/α-hetero) is 1. The highest BCUT2D eigenvalue weighted by molar-refractivity contribution is 5.99. The second-order valence-corrected chi connectivity index (χ2v) is 6.47. The molecule has 1 heteroatoms. The van der Waals surface area contributed by atoms with Crippen molar-refractivity contribution in [1.82, 2.24) is 0 Å². The number of benzene rings is 1. The van der Waals surface area contributed by atoms with Gasteiger partial charge in [0.05, 0.1) is 0 Å². The molecule has 1 nitrogen and oxygen atoms in total. The van der Waals surface area contributed by atoms with Gasteiger partial charge >= 0.3 is 0 Å². The molecule has 0 spiro atoms. The monoisotopic (exact) mass is 244 g/mol. The predicted molar refractivity (Wildman–Crippen MR) is 76.0 cm³/mol. The lowest BCUT2D eigenvalue weighted by atomic mass is 9.66. The molecular formula is C17H24O. The van der Waals surface area contributed by atoms with Gasteiger partial charge in [0.2, 0.25) is 0 Å². The van der Waals surface area contributed by atoms with Crippen molar-refractivity contribution in [2.75, 3.05) is 0 Å². The molecule has 0 saturated heterocycles. The fraction of sp³-hybridized carbons (Fsp3) is 0.588. The molecule has 2 rings (SSSR count). The van der Waals surface area contributed by atoms with Gasteiger partial charge in [0, 0.05) is 11.5 Å². The Morgan fingerprint density at radius 2 is 1.94 bits per heavy atom. The maximum absolute atomic E-state index is 12.8. The third-order valence-corrected chi connectivity index (χ3v) is 4.48. The van der Waals surface area contributed by atoms with Crippen molar-refractivity contribution >= 4 is 5.78 Å². The number of ketones is 1. The van der Waals surface area contributed by atoms with Gasteiger partial charge in [0.1, 0.15) is 0 Å². The quantitative estimate of drug-likeness (QED) is 0.689. The first kappa shape index (κ1) is 13.3. The van der Waals surface area contributed by atoms with Crippen LogP contribution in [0.4, 0.5) is 0 Å². The van der Waals surface area contributed by atoms with Crippen LogP contribution in [0.3, 0.4) is 0 Å². The van der Waals surface area contributed by atoms with E-state index < -0.39 is 0 Å². The molecule has 0 aromatic heterocycles. The van der Waals surface area contributed by atoms with Gasteiger partial charge in [-0.1, -0.05) is 44.4 Å². The van der Waals surface area contributed by atoms with Crippen molar-refractivity contribution in [1.29, 1.82) is 0 Å². The van der Waals surface area contributed by atoms with Crippen LogP contribution < -0.4 is 0 Å². The van der Waals surface area contributed by atoms with Crippen LogP contribution >= 0.6 is 0 Å². The highest BCUT2D eigenvalue weighted by Gasteiger charge is 2.37. The molecule has 1 unspecified atom stereocenters. The zero-order chi connectivity index (χ0) is 13.3. The molecule has 1 aliphatic carbocycles. The summed E-state index contributed by atoms with van der Waals surface area (Å²) in [5.41, 5.74) is 3.39. The van der Waals surface area contributed by atoms with Crippen molar-refractivity contribution in [2.24, 2.45) is 11.3 Å². The van der Waals surface area contributed by atoms with Gasteiger partial charge < -0.3 is 0 Å². The molecule has 98 valence electrons. The lowest BCUT2D eigenvalue weighted by molar-refractivity contribution is 0.0696. The Morgan fingerprint density at radius 1 is 1.22 bits per heavy atom. The summed E-state index contributed by atoms with van der Waals surface area (Å²) in [6, 6.07) is 6.21. The van der Waals surface area contributed by atoms with Crippen LogP contribution in [0.2, 0.25) is 0 Å². The van der Waals surface area contributed by atoms with Crippen LogP contribution in [0, 0.1) is 25.2 Å². The first-order chi connectivity index (χ1) is 8.42. The molecule has 1 saturated carbocycles. The van der Waals surface area contributed by atoms with E-state index in [-0.39, 0.29) is 11.3 Å². The highest BCUT2D eigenvalue weighted by Crippen LogP contribution is 2.42. The molecule has 0 heterocycles. The fourth-order valence-electron chi connectivity index (χ4n) is 3.17. The molecule has 0 N–H and O–H groups in total. The molecule has 1 aromatic rings. The van der Waals surface area contributed by atoms with Crippen molar-refractivity contribution in [3.8, 4) is 0 Å². The zero-order valence-electron chi connectivity index (χ0n) is 12.0. The molecule has 1 aromatic carbocycles. The topological polar surface area (TPSA) is 17.1 Å². The number of hydrogen-bond donors (Lipinski definition) is 0. The van der Waals surface area contributed by atoms with Crippen molar-refractivity contribution in [2.45, 2.75) is 53.4 Å². The Labute approximate surface area is 111 Å². The molecule has 0 amide bonds. The second kappa shape index (κ2) is 4.87. The standard InChI is InChI=1S/C17H24O/c1-12-8-9-13(2)14(11-12)16(18)15-7-5-6-10-17(15,3)4/h8-9,11,15H,5-7,10H2,1-4H3. The van der Waals surface area contributed by atoms with E-state index in [9.17, 15) is 4.79 Å². The average Bonchev–Trinajstić information content (AvgIpc) is 2.31. The van der Waals surface area contributed by atoms with Gasteiger partial charge in [0.25, 0.3) is 0 Å². The zero-order valence-corrected chi connectivity index (χ0v) is 12.0. The van der Waals surface area contributed by atoms with Crippen molar-refractivity contribution < 1.29 is 4.79 Å². The lowest BCUT2D eigenvalue weighted by Crippen LogP contribution is -2.34. The number of carbonyl (C=O) groups is 1. The Balaban J connectivity index is 2.33. The Hall–Kier alpha value is -1.11. The van der Waals surface area contributed by atoms with E-state index in [1.807, 2.05) is 6.92 Å². The minimum absolute atomic E-state index is 0.158. The van der Waals surface area contributed by atoms with Gasteiger partial charge in [-0.2, -0.15) is 0 Å².